The second-order valence-corrected chi connectivity index (χ2v) is 8.19. The normalized spacial score (nSPS) is 22.7. The predicted molar refractivity (Wildman–Crippen MR) is 97.6 cm³/mol. The molecule has 2 fully saturated rings. The highest BCUT2D eigenvalue weighted by molar-refractivity contribution is 5.62. The summed E-state index contributed by atoms with van der Waals surface area (Å²) >= 11 is 0. The summed E-state index contributed by atoms with van der Waals surface area (Å²) in [6.07, 6.45) is 7.72. The van der Waals surface area contributed by atoms with E-state index in [4.69, 9.17) is 4.74 Å². The van der Waals surface area contributed by atoms with Crippen LogP contribution >= 0.6 is 0 Å². The third kappa shape index (κ3) is 3.54. The van der Waals surface area contributed by atoms with Crippen LogP contribution in [-0.4, -0.2) is 45.8 Å². The molecule has 2 aliphatic rings. The van der Waals surface area contributed by atoms with Gasteiger partial charge in [0.05, 0.1) is 36.4 Å². The van der Waals surface area contributed by atoms with Crippen LogP contribution in [0.3, 0.4) is 0 Å². The van der Waals surface area contributed by atoms with Gasteiger partial charge in [0.1, 0.15) is 5.69 Å². The minimum absolute atomic E-state index is 0.259. The Morgan fingerprint density at radius 1 is 1.28 bits per heavy atom. The maximum atomic E-state index is 5.79. The van der Waals surface area contributed by atoms with Crippen LogP contribution in [0.5, 0.6) is 0 Å². The number of aryl methyl sites for hydroxylation is 1. The van der Waals surface area contributed by atoms with Gasteiger partial charge in [0.2, 0.25) is 0 Å². The summed E-state index contributed by atoms with van der Waals surface area (Å²) in [6.45, 7) is 10.5. The summed E-state index contributed by atoms with van der Waals surface area (Å²) in [4.78, 5) is 7.05. The topological polar surface area (TPSA) is 56.1 Å². The smallest absolute Gasteiger partial charge is 0.131 e. The van der Waals surface area contributed by atoms with Crippen molar-refractivity contribution in [3.8, 4) is 11.4 Å². The van der Waals surface area contributed by atoms with Gasteiger partial charge in [-0.1, -0.05) is 19.1 Å². The van der Waals surface area contributed by atoms with Crippen molar-refractivity contribution in [1.82, 2.24) is 20.0 Å². The second-order valence-electron chi connectivity index (χ2n) is 8.19. The molecular formula is C19H27N5O. The highest BCUT2D eigenvalue weighted by atomic mass is 16.5. The molecular weight excluding hydrogens is 314 g/mol. The molecule has 0 spiro atoms. The maximum Gasteiger partial charge on any atom is 0.131 e. The molecule has 0 N–H and O–H groups in total. The first-order chi connectivity index (χ1) is 12.0. The Morgan fingerprint density at radius 3 is 2.80 bits per heavy atom. The monoisotopic (exact) mass is 341 g/mol. The molecule has 134 valence electrons. The Kier molecular flexibility index (Phi) is 4.23. The molecule has 0 aromatic carbocycles. The van der Waals surface area contributed by atoms with Gasteiger partial charge in [-0.15, -0.1) is 5.10 Å². The second kappa shape index (κ2) is 6.41. The molecule has 1 atom stereocenters. The number of aromatic nitrogens is 4. The zero-order valence-electron chi connectivity index (χ0n) is 15.4. The first-order valence-corrected chi connectivity index (χ1v) is 9.24. The quantitative estimate of drug-likeness (QED) is 0.855. The summed E-state index contributed by atoms with van der Waals surface area (Å²) in [5.74, 6) is 0. The lowest BCUT2D eigenvalue weighted by atomic mass is 9.84. The van der Waals surface area contributed by atoms with Crippen molar-refractivity contribution < 1.29 is 4.74 Å². The Morgan fingerprint density at radius 2 is 2.12 bits per heavy atom. The SMILES string of the molecule is Cc1cc(N2CC(C)(C)C2)cnc1-c1cn(CC2CCCCO2)nn1. The summed E-state index contributed by atoms with van der Waals surface area (Å²) in [5, 5.41) is 8.59. The van der Waals surface area contributed by atoms with Gasteiger partial charge >= 0.3 is 0 Å². The van der Waals surface area contributed by atoms with E-state index in [1.807, 2.05) is 17.1 Å². The van der Waals surface area contributed by atoms with E-state index < -0.39 is 0 Å². The van der Waals surface area contributed by atoms with Gasteiger partial charge in [-0.2, -0.15) is 0 Å². The van der Waals surface area contributed by atoms with E-state index in [-0.39, 0.29) is 6.10 Å². The highest BCUT2D eigenvalue weighted by Crippen LogP contribution is 2.34. The van der Waals surface area contributed by atoms with Gasteiger partial charge in [0.25, 0.3) is 0 Å². The summed E-state index contributed by atoms with van der Waals surface area (Å²) in [5.41, 5.74) is 4.51. The van der Waals surface area contributed by atoms with Gasteiger partial charge in [-0.05, 0) is 43.2 Å². The van der Waals surface area contributed by atoms with Crippen LogP contribution in [0, 0.1) is 12.3 Å². The maximum absolute atomic E-state index is 5.79. The van der Waals surface area contributed by atoms with Gasteiger partial charge in [-0.3, -0.25) is 4.98 Å². The molecule has 2 aromatic rings. The highest BCUT2D eigenvalue weighted by Gasteiger charge is 2.34. The molecule has 2 aromatic heterocycles. The Balaban J connectivity index is 1.46. The third-order valence-corrected chi connectivity index (χ3v) is 5.11. The van der Waals surface area contributed by atoms with E-state index in [1.165, 1.54) is 18.5 Å². The minimum Gasteiger partial charge on any atom is -0.376 e. The van der Waals surface area contributed by atoms with Gasteiger partial charge < -0.3 is 9.64 Å². The molecule has 4 heterocycles. The van der Waals surface area contributed by atoms with Gasteiger partial charge in [-0.25, -0.2) is 4.68 Å². The Labute approximate surface area is 149 Å². The van der Waals surface area contributed by atoms with Crippen LogP contribution in [0.25, 0.3) is 11.4 Å². The van der Waals surface area contributed by atoms with Gasteiger partial charge in [0, 0.05) is 19.7 Å². The number of ether oxygens (including phenoxy) is 1. The molecule has 0 aliphatic carbocycles. The molecule has 0 saturated carbocycles. The number of nitrogens with zero attached hydrogens (tertiary/aromatic N) is 5. The molecule has 0 radical (unpaired) electrons. The van der Waals surface area contributed by atoms with Crippen LogP contribution < -0.4 is 4.90 Å². The predicted octanol–water partition coefficient (Wildman–Crippen LogP) is 3.06. The van der Waals surface area contributed by atoms with Crippen LogP contribution in [-0.2, 0) is 11.3 Å². The molecule has 0 bridgehead atoms. The van der Waals surface area contributed by atoms with Crippen LogP contribution in [0.15, 0.2) is 18.5 Å². The first-order valence-electron chi connectivity index (χ1n) is 9.24. The summed E-state index contributed by atoms with van der Waals surface area (Å²) in [7, 11) is 0. The first kappa shape index (κ1) is 16.5. The number of hydrogen-bond donors (Lipinski definition) is 0. The largest absolute Gasteiger partial charge is 0.376 e. The Hall–Kier alpha value is -1.95. The standard InChI is InChI=1S/C19H27N5O/c1-14-8-15(23-12-19(2,3)13-23)9-20-18(14)17-11-24(22-21-17)10-16-6-4-5-7-25-16/h8-9,11,16H,4-7,10,12-13H2,1-3H3. The summed E-state index contributed by atoms with van der Waals surface area (Å²) in [6, 6.07) is 2.21. The number of hydrogen-bond acceptors (Lipinski definition) is 5. The van der Waals surface area contributed by atoms with Crippen LogP contribution in [0.1, 0.15) is 38.7 Å². The van der Waals surface area contributed by atoms with Crippen LogP contribution in [0.4, 0.5) is 5.69 Å². The van der Waals surface area contributed by atoms with E-state index >= 15 is 0 Å². The lowest BCUT2D eigenvalue weighted by molar-refractivity contribution is 0.00370. The lowest BCUT2D eigenvalue weighted by Gasteiger charge is -2.47. The van der Waals surface area contributed by atoms with Crippen molar-refractivity contribution in [2.75, 3.05) is 24.6 Å². The van der Waals surface area contributed by atoms with E-state index in [1.54, 1.807) is 0 Å². The molecule has 4 rings (SSSR count). The molecule has 0 amide bonds. The molecule has 2 saturated heterocycles. The minimum atomic E-state index is 0.259. The van der Waals surface area contributed by atoms with E-state index in [2.05, 4.69) is 47.0 Å². The van der Waals surface area contributed by atoms with Crippen LogP contribution in [0.2, 0.25) is 0 Å². The zero-order chi connectivity index (χ0) is 17.4. The fourth-order valence-corrected chi connectivity index (χ4v) is 3.83. The van der Waals surface area contributed by atoms with Crippen molar-refractivity contribution in [2.45, 2.75) is 52.7 Å². The average molecular weight is 341 g/mol. The number of anilines is 1. The fraction of sp³-hybridized carbons (Fsp3) is 0.632. The van der Waals surface area contributed by atoms with Crippen molar-refractivity contribution in [1.29, 1.82) is 0 Å². The molecule has 1 unspecified atom stereocenters. The molecule has 2 aliphatic heterocycles. The number of pyridine rings is 1. The van der Waals surface area contributed by atoms with Crippen molar-refractivity contribution >= 4 is 5.69 Å². The van der Waals surface area contributed by atoms with Crippen molar-refractivity contribution in [2.24, 2.45) is 5.41 Å². The zero-order valence-corrected chi connectivity index (χ0v) is 15.4. The molecule has 6 heteroatoms. The average Bonchev–Trinajstić information content (AvgIpc) is 3.01. The Bertz CT molecular complexity index is 740. The third-order valence-electron chi connectivity index (χ3n) is 5.11. The molecule has 25 heavy (non-hydrogen) atoms. The lowest BCUT2D eigenvalue weighted by Crippen LogP contribution is -2.53. The van der Waals surface area contributed by atoms with E-state index in [0.29, 0.717) is 5.41 Å². The van der Waals surface area contributed by atoms with Gasteiger partial charge in [0.15, 0.2) is 0 Å². The van der Waals surface area contributed by atoms with E-state index in [0.717, 1.165) is 49.6 Å². The number of rotatable bonds is 4. The summed E-state index contributed by atoms with van der Waals surface area (Å²) < 4.78 is 7.68. The van der Waals surface area contributed by atoms with Crippen molar-refractivity contribution in [3.05, 3.63) is 24.0 Å². The molecule has 6 nitrogen and oxygen atoms in total. The van der Waals surface area contributed by atoms with E-state index in [9.17, 15) is 0 Å². The van der Waals surface area contributed by atoms with Crippen molar-refractivity contribution in [3.63, 3.8) is 0 Å². The fourth-order valence-electron chi connectivity index (χ4n) is 3.83.